The summed E-state index contributed by atoms with van der Waals surface area (Å²) >= 11 is 0. The van der Waals surface area contributed by atoms with Crippen LogP contribution < -0.4 is 0 Å². The Morgan fingerprint density at radius 2 is 0.459 bits per heavy atom. The monoisotopic (exact) mass is 788 g/mol. The number of benzene rings is 8. The van der Waals surface area contributed by atoms with E-state index < -0.39 is 5.41 Å². The standard InChI is InChI=1S/C53H32N4O4/c1-5-13-45-41(9-1)54-49(58-45)33-17-25-37(26-18-33)53(38-27-19-34(20-28-38)50-55-42-10-2-6-14-46(42)59-50,39-29-21-35(22-30-39)51-56-43-11-3-7-15-47(43)60-51)40-31-23-36(24-32-40)52-57-44-12-4-8-16-48(44)61-52/h1-32H. The third kappa shape index (κ3) is 5.84. The van der Waals surface area contributed by atoms with E-state index in [0.717, 1.165) is 88.9 Å². The fourth-order valence-corrected chi connectivity index (χ4v) is 8.43. The van der Waals surface area contributed by atoms with Gasteiger partial charge in [-0.1, -0.05) is 97.1 Å². The van der Waals surface area contributed by atoms with E-state index in [0.29, 0.717) is 23.6 Å². The molecule has 0 bridgehead atoms. The topological polar surface area (TPSA) is 104 Å². The van der Waals surface area contributed by atoms with Crippen LogP contribution in [0.3, 0.4) is 0 Å². The summed E-state index contributed by atoms with van der Waals surface area (Å²) in [5.74, 6) is 2.25. The maximum absolute atomic E-state index is 6.21. The van der Waals surface area contributed by atoms with Crippen LogP contribution in [-0.4, -0.2) is 19.9 Å². The smallest absolute Gasteiger partial charge is 0.227 e. The van der Waals surface area contributed by atoms with E-state index in [4.69, 9.17) is 37.6 Å². The summed E-state index contributed by atoms with van der Waals surface area (Å²) in [6.07, 6.45) is 0. The fourth-order valence-electron chi connectivity index (χ4n) is 8.43. The average Bonchev–Trinajstić information content (AvgIpc) is 4.15. The van der Waals surface area contributed by atoms with Crippen molar-refractivity contribution in [3.8, 4) is 45.8 Å². The number of hydrogen-bond acceptors (Lipinski definition) is 8. The molecule has 0 spiro atoms. The first-order chi connectivity index (χ1) is 30.2. The molecule has 0 saturated heterocycles. The van der Waals surface area contributed by atoms with Crippen LogP contribution in [0.5, 0.6) is 0 Å². The normalized spacial score (nSPS) is 11.9. The van der Waals surface area contributed by atoms with Gasteiger partial charge in [0.05, 0.1) is 5.41 Å². The summed E-state index contributed by atoms with van der Waals surface area (Å²) in [7, 11) is 0. The van der Waals surface area contributed by atoms with E-state index in [1.807, 2.05) is 97.1 Å². The minimum atomic E-state index is -0.834. The van der Waals surface area contributed by atoms with Gasteiger partial charge in [-0.15, -0.1) is 0 Å². The predicted molar refractivity (Wildman–Crippen MR) is 237 cm³/mol. The molecule has 8 heteroatoms. The van der Waals surface area contributed by atoms with Gasteiger partial charge in [0.1, 0.15) is 22.1 Å². The number of hydrogen-bond donors (Lipinski definition) is 0. The van der Waals surface area contributed by atoms with Crippen LogP contribution >= 0.6 is 0 Å². The molecule has 0 atom stereocenters. The van der Waals surface area contributed by atoms with Crippen LogP contribution in [0.15, 0.2) is 212 Å². The van der Waals surface area contributed by atoms with Crippen LogP contribution in [0.2, 0.25) is 0 Å². The SMILES string of the molecule is c1ccc2oc(-c3ccc(C(c4ccc(-c5nc6ccccc6o5)cc4)(c4ccc(-c5nc6ccccc6o5)cc4)c4ccc(-c5nc6ccccc6o5)cc4)cc3)nc2c1. The Balaban J connectivity index is 1.05. The van der Waals surface area contributed by atoms with Crippen LogP contribution in [0, 0.1) is 0 Å². The molecule has 0 radical (unpaired) electrons. The molecule has 12 rings (SSSR count). The highest BCUT2D eigenvalue weighted by Crippen LogP contribution is 2.47. The molecule has 0 aliphatic heterocycles. The molecule has 0 N–H and O–H groups in total. The van der Waals surface area contributed by atoms with E-state index in [-0.39, 0.29) is 0 Å². The largest absolute Gasteiger partial charge is 0.436 e. The number of rotatable bonds is 8. The zero-order chi connectivity index (χ0) is 40.3. The van der Waals surface area contributed by atoms with Crippen molar-refractivity contribution in [1.82, 2.24) is 19.9 Å². The lowest BCUT2D eigenvalue weighted by Crippen LogP contribution is -2.31. The Labute approximate surface area is 348 Å². The first-order valence-electron chi connectivity index (χ1n) is 20.0. The first kappa shape index (κ1) is 34.7. The molecule has 288 valence electrons. The first-order valence-corrected chi connectivity index (χ1v) is 20.0. The molecule has 61 heavy (non-hydrogen) atoms. The van der Waals surface area contributed by atoms with E-state index in [9.17, 15) is 0 Å². The molecule has 8 aromatic carbocycles. The second-order valence-corrected chi connectivity index (χ2v) is 15.0. The summed E-state index contributed by atoms with van der Waals surface area (Å²) in [5.41, 5.74) is 13.0. The summed E-state index contributed by atoms with van der Waals surface area (Å²) < 4.78 is 24.8. The van der Waals surface area contributed by atoms with Gasteiger partial charge >= 0.3 is 0 Å². The van der Waals surface area contributed by atoms with Gasteiger partial charge in [0, 0.05) is 22.3 Å². The lowest BCUT2D eigenvalue weighted by molar-refractivity contribution is 0.619. The minimum Gasteiger partial charge on any atom is -0.436 e. The van der Waals surface area contributed by atoms with Gasteiger partial charge in [0.2, 0.25) is 23.6 Å². The summed E-state index contributed by atoms with van der Waals surface area (Å²) in [6.45, 7) is 0. The van der Waals surface area contributed by atoms with Crippen molar-refractivity contribution in [3.05, 3.63) is 216 Å². The van der Waals surface area contributed by atoms with Crippen molar-refractivity contribution >= 4 is 44.4 Å². The number of aromatic nitrogens is 4. The van der Waals surface area contributed by atoms with E-state index in [1.165, 1.54) is 0 Å². The van der Waals surface area contributed by atoms with Gasteiger partial charge in [-0.05, 0) is 119 Å². The molecule has 8 nitrogen and oxygen atoms in total. The summed E-state index contributed by atoms with van der Waals surface area (Å²) in [4.78, 5) is 19.2. The maximum atomic E-state index is 6.21. The van der Waals surface area contributed by atoms with E-state index in [2.05, 4.69) is 97.1 Å². The molecule has 0 aliphatic carbocycles. The molecule has 4 aromatic heterocycles. The lowest BCUT2D eigenvalue weighted by atomic mass is 9.65. The molecule has 4 heterocycles. The quantitative estimate of drug-likeness (QED) is 0.140. The van der Waals surface area contributed by atoms with Gasteiger partial charge in [0.15, 0.2) is 22.3 Å². The zero-order valence-electron chi connectivity index (χ0n) is 32.4. The highest BCUT2D eigenvalue weighted by Gasteiger charge is 2.39. The lowest BCUT2D eigenvalue weighted by Gasteiger charge is -2.37. The van der Waals surface area contributed by atoms with Crippen molar-refractivity contribution in [3.63, 3.8) is 0 Å². The maximum Gasteiger partial charge on any atom is 0.227 e. The highest BCUT2D eigenvalue weighted by molar-refractivity contribution is 5.80. The van der Waals surface area contributed by atoms with Gasteiger partial charge < -0.3 is 17.7 Å². The Kier molecular flexibility index (Phi) is 7.89. The number of para-hydroxylation sites is 8. The predicted octanol–water partition coefficient (Wildman–Crippen LogP) is 13.3. The molecular weight excluding hydrogens is 757 g/mol. The van der Waals surface area contributed by atoms with Crippen LogP contribution in [-0.2, 0) is 5.41 Å². The fraction of sp³-hybridized carbons (Fsp3) is 0.0189. The van der Waals surface area contributed by atoms with Crippen molar-refractivity contribution in [1.29, 1.82) is 0 Å². The Bertz CT molecular complexity index is 2920. The molecule has 0 amide bonds. The van der Waals surface area contributed by atoms with E-state index >= 15 is 0 Å². The highest BCUT2D eigenvalue weighted by atomic mass is 16.4. The third-order valence-electron chi connectivity index (χ3n) is 11.4. The van der Waals surface area contributed by atoms with Gasteiger partial charge in [0.25, 0.3) is 0 Å². The number of oxazole rings is 4. The van der Waals surface area contributed by atoms with Crippen molar-refractivity contribution in [2.45, 2.75) is 5.41 Å². The molecule has 0 aliphatic rings. The number of nitrogens with zero attached hydrogens (tertiary/aromatic N) is 4. The Hall–Kier alpha value is -8.36. The van der Waals surface area contributed by atoms with Gasteiger partial charge in [-0.25, -0.2) is 19.9 Å². The molecule has 0 saturated carbocycles. The van der Waals surface area contributed by atoms with Crippen molar-refractivity contribution < 1.29 is 17.7 Å². The zero-order valence-corrected chi connectivity index (χ0v) is 32.4. The van der Waals surface area contributed by atoms with Crippen molar-refractivity contribution in [2.24, 2.45) is 0 Å². The van der Waals surface area contributed by atoms with Crippen molar-refractivity contribution in [2.75, 3.05) is 0 Å². The third-order valence-corrected chi connectivity index (χ3v) is 11.4. The van der Waals surface area contributed by atoms with Gasteiger partial charge in [-0.2, -0.15) is 0 Å². The van der Waals surface area contributed by atoms with Crippen LogP contribution in [0.4, 0.5) is 0 Å². The van der Waals surface area contributed by atoms with Gasteiger partial charge in [-0.3, -0.25) is 0 Å². The Morgan fingerprint density at radius 3 is 0.672 bits per heavy atom. The molecule has 0 fully saturated rings. The molecule has 12 aromatic rings. The van der Waals surface area contributed by atoms with Crippen LogP contribution in [0.1, 0.15) is 22.3 Å². The number of fused-ring (bicyclic) bond motifs is 4. The Morgan fingerprint density at radius 1 is 0.246 bits per heavy atom. The van der Waals surface area contributed by atoms with Crippen LogP contribution in [0.25, 0.3) is 90.2 Å². The van der Waals surface area contributed by atoms with E-state index in [1.54, 1.807) is 0 Å². The molecular formula is C53H32N4O4. The second-order valence-electron chi connectivity index (χ2n) is 15.0. The summed E-state index contributed by atoms with van der Waals surface area (Å²) in [5, 5.41) is 0. The average molecular weight is 789 g/mol. The minimum absolute atomic E-state index is 0.561. The molecule has 0 unspecified atom stereocenters. The second kappa shape index (κ2) is 13.9. The summed E-state index contributed by atoms with van der Waals surface area (Å²) in [6, 6.07) is 65.3.